The quantitative estimate of drug-likeness (QED) is 0.851. The zero-order chi connectivity index (χ0) is 16.9. The minimum Gasteiger partial charge on any atom is -0.342 e. The molecule has 4 nitrogen and oxygen atoms in total. The molecule has 24 heavy (non-hydrogen) atoms. The molecule has 1 aliphatic carbocycles. The Balaban J connectivity index is 1.60. The first-order valence-electron chi connectivity index (χ1n) is 9.28. The van der Waals surface area contributed by atoms with Crippen molar-refractivity contribution >= 4 is 11.8 Å². The Bertz CT molecular complexity index is 599. The molecule has 0 spiro atoms. The van der Waals surface area contributed by atoms with Crippen molar-refractivity contribution in [1.29, 1.82) is 0 Å². The maximum atomic E-state index is 12.7. The molecule has 130 valence electrons. The lowest BCUT2D eigenvalue weighted by atomic mass is 9.87. The summed E-state index contributed by atoms with van der Waals surface area (Å²) in [5, 5.41) is 0. The van der Waals surface area contributed by atoms with Crippen molar-refractivity contribution in [3.8, 4) is 0 Å². The maximum Gasteiger partial charge on any atom is 0.224 e. The van der Waals surface area contributed by atoms with Crippen LogP contribution in [0.5, 0.6) is 0 Å². The van der Waals surface area contributed by atoms with Crippen LogP contribution in [0.1, 0.15) is 62.1 Å². The van der Waals surface area contributed by atoms with Crippen LogP contribution in [0, 0.1) is 0 Å². The average Bonchev–Trinajstić information content (AvgIpc) is 2.82. The normalized spacial score (nSPS) is 21.1. The van der Waals surface area contributed by atoms with E-state index in [4.69, 9.17) is 0 Å². The van der Waals surface area contributed by atoms with E-state index in [1.807, 2.05) is 16.8 Å². The highest BCUT2D eigenvalue weighted by atomic mass is 16.2. The number of nitrogens with zero attached hydrogens (tertiary/aromatic N) is 2. The minimum atomic E-state index is 0.147. The molecule has 1 aromatic carbocycles. The first kappa shape index (κ1) is 17.0. The number of hydrogen-bond acceptors (Lipinski definition) is 2. The van der Waals surface area contributed by atoms with Crippen LogP contribution in [0.15, 0.2) is 24.3 Å². The molecule has 1 saturated heterocycles. The number of rotatable bonds is 4. The summed E-state index contributed by atoms with van der Waals surface area (Å²) in [4.78, 5) is 28.5. The largest absolute Gasteiger partial charge is 0.342 e. The number of aryl methyl sites for hydroxylation is 1. The summed E-state index contributed by atoms with van der Waals surface area (Å²) in [6.07, 6.45) is 7.51. The van der Waals surface area contributed by atoms with Gasteiger partial charge in [0.2, 0.25) is 11.8 Å². The fraction of sp³-hybridized carbons (Fsp3) is 0.600. The smallest absolute Gasteiger partial charge is 0.224 e. The summed E-state index contributed by atoms with van der Waals surface area (Å²) in [6.45, 7) is 1.37. The molecule has 1 heterocycles. The van der Waals surface area contributed by atoms with Crippen LogP contribution >= 0.6 is 0 Å². The van der Waals surface area contributed by atoms with Gasteiger partial charge in [0.1, 0.15) is 0 Å². The summed E-state index contributed by atoms with van der Waals surface area (Å²) >= 11 is 0. The van der Waals surface area contributed by atoms with Crippen LogP contribution in [-0.2, 0) is 16.0 Å². The van der Waals surface area contributed by atoms with Gasteiger partial charge in [0.25, 0.3) is 0 Å². The fourth-order valence-corrected chi connectivity index (χ4v) is 3.99. The number of amides is 2. The fourth-order valence-electron chi connectivity index (χ4n) is 3.99. The second-order valence-corrected chi connectivity index (χ2v) is 7.05. The zero-order valence-corrected chi connectivity index (χ0v) is 14.7. The Labute approximate surface area is 144 Å². The third-order valence-corrected chi connectivity index (χ3v) is 5.47. The molecule has 0 aromatic heterocycles. The molecule has 4 heteroatoms. The van der Waals surface area contributed by atoms with Gasteiger partial charge in [0, 0.05) is 33.0 Å². The van der Waals surface area contributed by atoms with Crippen LogP contribution < -0.4 is 0 Å². The van der Waals surface area contributed by atoms with Gasteiger partial charge in [-0.2, -0.15) is 0 Å². The molecule has 3 rings (SSSR count). The standard InChI is InChI=1S/C20H28N2O2/c1-21(18-11-7-9-16-8-4-5-10-17(16)18)19(23)13-15-22-14-6-2-3-12-20(22)24/h4-5,8,10,18H,2-3,6-7,9,11-15H2,1H3/t18-/m1/s1. The Morgan fingerprint density at radius 1 is 1.17 bits per heavy atom. The van der Waals surface area contributed by atoms with Crippen LogP contribution in [0.2, 0.25) is 0 Å². The SMILES string of the molecule is CN(C(=O)CCN1CCCCCC1=O)[C@@H]1CCCc2ccccc21. The molecule has 0 bridgehead atoms. The van der Waals surface area contributed by atoms with E-state index in [1.165, 1.54) is 11.1 Å². The first-order chi connectivity index (χ1) is 11.7. The second-order valence-electron chi connectivity index (χ2n) is 7.05. The first-order valence-corrected chi connectivity index (χ1v) is 9.28. The van der Waals surface area contributed by atoms with Crippen LogP contribution in [0.3, 0.4) is 0 Å². The lowest BCUT2D eigenvalue weighted by molar-refractivity contribution is -0.134. The van der Waals surface area contributed by atoms with E-state index >= 15 is 0 Å². The summed E-state index contributed by atoms with van der Waals surface area (Å²) in [5.74, 6) is 0.361. The highest BCUT2D eigenvalue weighted by molar-refractivity contribution is 5.79. The topological polar surface area (TPSA) is 40.6 Å². The predicted octanol–water partition coefficient (Wildman–Crippen LogP) is 3.32. The van der Waals surface area contributed by atoms with Gasteiger partial charge in [-0.15, -0.1) is 0 Å². The number of fused-ring (bicyclic) bond motifs is 1. The van der Waals surface area contributed by atoms with Crippen molar-refractivity contribution in [2.75, 3.05) is 20.1 Å². The maximum absolute atomic E-state index is 12.7. The highest BCUT2D eigenvalue weighted by Gasteiger charge is 2.27. The predicted molar refractivity (Wildman–Crippen MR) is 94.6 cm³/mol. The van der Waals surface area contributed by atoms with Gasteiger partial charge < -0.3 is 9.80 Å². The van der Waals surface area contributed by atoms with Crippen LogP contribution in [-0.4, -0.2) is 41.8 Å². The molecule has 0 radical (unpaired) electrons. The van der Waals surface area contributed by atoms with Crippen molar-refractivity contribution in [1.82, 2.24) is 9.80 Å². The molecule has 2 amide bonds. The monoisotopic (exact) mass is 328 g/mol. The third kappa shape index (κ3) is 3.80. The van der Waals surface area contributed by atoms with Gasteiger partial charge in [0.15, 0.2) is 0 Å². The summed E-state index contributed by atoms with van der Waals surface area (Å²) in [7, 11) is 1.92. The zero-order valence-electron chi connectivity index (χ0n) is 14.7. The van der Waals surface area contributed by atoms with E-state index in [-0.39, 0.29) is 17.9 Å². The third-order valence-electron chi connectivity index (χ3n) is 5.47. The summed E-state index contributed by atoms with van der Waals surface area (Å²) in [6, 6.07) is 8.65. The van der Waals surface area contributed by atoms with Gasteiger partial charge in [-0.1, -0.05) is 30.7 Å². The molecule has 0 unspecified atom stereocenters. The number of carbonyl (C=O) groups excluding carboxylic acids is 2. The minimum absolute atomic E-state index is 0.147. The number of likely N-dealkylation sites (tertiary alicyclic amines) is 1. The number of hydrogen-bond donors (Lipinski definition) is 0. The molecule has 2 aliphatic rings. The molecular weight excluding hydrogens is 300 g/mol. The van der Waals surface area contributed by atoms with Gasteiger partial charge in [-0.25, -0.2) is 0 Å². The van der Waals surface area contributed by atoms with Gasteiger partial charge in [0.05, 0.1) is 6.04 Å². The molecular formula is C20H28N2O2. The van der Waals surface area contributed by atoms with E-state index in [9.17, 15) is 9.59 Å². The second kappa shape index (κ2) is 7.82. The van der Waals surface area contributed by atoms with Crippen molar-refractivity contribution < 1.29 is 9.59 Å². The summed E-state index contributed by atoms with van der Waals surface area (Å²) < 4.78 is 0. The molecule has 0 saturated carbocycles. The van der Waals surface area contributed by atoms with E-state index < -0.39 is 0 Å². The van der Waals surface area contributed by atoms with E-state index in [1.54, 1.807) is 0 Å². The Morgan fingerprint density at radius 3 is 2.88 bits per heavy atom. The van der Waals surface area contributed by atoms with Crippen molar-refractivity contribution in [2.24, 2.45) is 0 Å². The highest BCUT2D eigenvalue weighted by Crippen LogP contribution is 2.33. The molecule has 1 aliphatic heterocycles. The summed E-state index contributed by atoms with van der Waals surface area (Å²) in [5.41, 5.74) is 2.67. The van der Waals surface area contributed by atoms with Gasteiger partial charge >= 0.3 is 0 Å². The molecule has 1 aromatic rings. The molecule has 1 fully saturated rings. The van der Waals surface area contributed by atoms with Crippen LogP contribution in [0.4, 0.5) is 0 Å². The van der Waals surface area contributed by atoms with Gasteiger partial charge in [-0.05, 0) is 43.2 Å². The van der Waals surface area contributed by atoms with E-state index in [2.05, 4.69) is 24.3 Å². The lowest BCUT2D eigenvalue weighted by Crippen LogP contribution is -2.37. The Hall–Kier alpha value is -1.84. The average molecular weight is 328 g/mol. The van der Waals surface area contributed by atoms with E-state index in [0.717, 1.165) is 45.1 Å². The van der Waals surface area contributed by atoms with Crippen molar-refractivity contribution in [2.45, 2.75) is 57.4 Å². The Kier molecular flexibility index (Phi) is 5.54. The van der Waals surface area contributed by atoms with E-state index in [0.29, 0.717) is 19.4 Å². The van der Waals surface area contributed by atoms with Crippen LogP contribution in [0.25, 0.3) is 0 Å². The van der Waals surface area contributed by atoms with Crippen molar-refractivity contribution in [3.63, 3.8) is 0 Å². The van der Waals surface area contributed by atoms with Gasteiger partial charge in [-0.3, -0.25) is 9.59 Å². The lowest BCUT2D eigenvalue weighted by Gasteiger charge is -2.34. The molecule has 1 atom stereocenters. The Morgan fingerprint density at radius 2 is 2.00 bits per heavy atom. The molecule has 0 N–H and O–H groups in total. The number of carbonyl (C=O) groups is 2. The number of benzene rings is 1. The van der Waals surface area contributed by atoms with Crippen molar-refractivity contribution in [3.05, 3.63) is 35.4 Å².